The highest BCUT2D eigenvalue weighted by Crippen LogP contribution is 2.32. The van der Waals surface area contributed by atoms with Crippen molar-refractivity contribution >= 4 is 21.7 Å². The number of fused-ring (bicyclic) bond motifs is 2. The van der Waals surface area contributed by atoms with Crippen LogP contribution in [-0.2, 0) is 6.61 Å². The van der Waals surface area contributed by atoms with E-state index in [0.29, 0.717) is 22.4 Å². The molecule has 32 heavy (non-hydrogen) atoms. The van der Waals surface area contributed by atoms with Crippen molar-refractivity contribution in [2.45, 2.75) is 13.0 Å². The molecule has 2 heterocycles. The van der Waals surface area contributed by atoms with Crippen molar-refractivity contribution < 1.29 is 27.2 Å². The van der Waals surface area contributed by atoms with Gasteiger partial charge in [-0.15, -0.1) is 13.2 Å². The minimum absolute atomic E-state index is 0.209. The molecule has 5 rings (SSSR count). The number of benzene rings is 3. The van der Waals surface area contributed by atoms with E-state index in [-0.39, 0.29) is 12.4 Å². The minimum Gasteiger partial charge on any atom is -0.469 e. The molecule has 0 amide bonds. The molecular weight excluding hydrogens is 421 g/mol. The lowest BCUT2D eigenvalue weighted by atomic mass is 10.0. The summed E-state index contributed by atoms with van der Waals surface area (Å²) in [7, 11) is 0. The lowest BCUT2D eigenvalue weighted by molar-refractivity contribution is -0.274. The fourth-order valence-electron chi connectivity index (χ4n) is 3.40. The van der Waals surface area contributed by atoms with Crippen LogP contribution in [-0.4, -0.2) is 16.5 Å². The molecule has 0 atom stereocenters. The van der Waals surface area contributed by atoms with E-state index in [2.05, 4.69) is 14.9 Å². The topological polar surface area (TPSA) is 57.4 Å². The zero-order valence-electron chi connectivity index (χ0n) is 16.5. The largest absolute Gasteiger partial charge is 0.573 e. The van der Waals surface area contributed by atoms with Crippen molar-refractivity contribution in [1.82, 2.24) is 10.1 Å². The Kier molecular flexibility index (Phi) is 4.89. The number of hydrogen-bond acceptors (Lipinski definition) is 5. The van der Waals surface area contributed by atoms with Gasteiger partial charge in [-0.1, -0.05) is 42.5 Å². The number of aromatic nitrogens is 2. The average Bonchev–Trinajstić information content (AvgIpc) is 3.19. The lowest BCUT2D eigenvalue weighted by Crippen LogP contribution is -2.16. The predicted octanol–water partition coefficient (Wildman–Crippen LogP) is 6.52. The third kappa shape index (κ3) is 4.20. The van der Waals surface area contributed by atoms with Gasteiger partial charge in [0.05, 0.1) is 11.1 Å². The minimum atomic E-state index is -4.73. The maximum Gasteiger partial charge on any atom is 0.573 e. The maximum atomic E-state index is 12.4. The van der Waals surface area contributed by atoms with Gasteiger partial charge in [-0.25, -0.2) is 0 Å². The number of ether oxygens (including phenoxy) is 2. The highest BCUT2D eigenvalue weighted by molar-refractivity contribution is 5.87. The van der Waals surface area contributed by atoms with E-state index >= 15 is 0 Å². The van der Waals surface area contributed by atoms with Crippen molar-refractivity contribution in [1.29, 1.82) is 0 Å². The Labute approximate surface area is 180 Å². The van der Waals surface area contributed by atoms with Gasteiger partial charge in [0.15, 0.2) is 5.58 Å². The highest BCUT2D eigenvalue weighted by atomic mass is 19.4. The molecule has 0 N–H and O–H groups in total. The van der Waals surface area contributed by atoms with E-state index in [0.717, 1.165) is 22.0 Å². The normalized spacial score (nSPS) is 11.7. The first-order valence-electron chi connectivity index (χ1n) is 9.67. The Bertz CT molecular complexity index is 1400. The van der Waals surface area contributed by atoms with Gasteiger partial charge in [0.1, 0.15) is 12.4 Å². The van der Waals surface area contributed by atoms with Gasteiger partial charge in [0.2, 0.25) is 0 Å². The van der Waals surface area contributed by atoms with Crippen LogP contribution in [0.4, 0.5) is 13.2 Å². The first kappa shape index (κ1) is 19.9. The van der Waals surface area contributed by atoms with E-state index in [4.69, 9.17) is 9.26 Å². The molecule has 0 radical (unpaired) electrons. The summed E-state index contributed by atoms with van der Waals surface area (Å²) in [5.41, 5.74) is 2.77. The van der Waals surface area contributed by atoms with E-state index in [1.165, 1.54) is 12.1 Å². The van der Waals surface area contributed by atoms with Crippen LogP contribution in [0.2, 0.25) is 0 Å². The number of nitrogens with zero attached hydrogens (tertiary/aromatic N) is 2. The molecule has 5 aromatic rings. The van der Waals surface area contributed by atoms with E-state index in [1.807, 2.05) is 36.4 Å². The summed E-state index contributed by atoms with van der Waals surface area (Å²) < 4.78 is 52.2. The summed E-state index contributed by atoms with van der Waals surface area (Å²) in [5, 5.41) is 6.75. The van der Waals surface area contributed by atoms with E-state index in [9.17, 15) is 13.2 Å². The zero-order valence-corrected chi connectivity index (χ0v) is 16.5. The second kappa shape index (κ2) is 7.88. The van der Waals surface area contributed by atoms with Crippen molar-refractivity contribution in [3.8, 4) is 22.8 Å². The van der Waals surface area contributed by atoms with Gasteiger partial charge in [-0.3, -0.25) is 4.98 Å². The summed E-state index contributed by atoms with van der Waals surface area (Å²) in [6.45, 7) is 0.209. The first-order chi connectivity index (χ1) is 15.4. The number of alkyl halides is 3. The fourth-order valence-corrected chi connectivity index (χ4v) is 3.40. The van der Waals surface area contributed by atoms with Crippen LogP contribution in [0.1, 0.15) is 5.69 Å². The Morgan fingerprint density at radius 1 is 0.844 bits per heavy atom. The Balaban J connectivity index is 1.37. The van der Waals surface area contributed by atoms with Gasteiger partial charge in [0.25, 0.3) is 5.88 Å². The van der Waals surface area contributed by atoms with Gasteiger partial charge in [-0.2, -0.15) is 0 Å². The molecule has 0 aliphatic heterocycles. The molecule has 3 aromatic carbocycles. The third-order valence-electron chi connectivity index (χ3n) is 4.90. The zero-order chi connectivity index (χ0) is 22.1. The molecule has 2 aromatic heterocycles. The van der Waals surface area contributed by atoms with Gasteiger partial charge >= 0.3 is 6.36 Å². The second-order valence-electron chi connectivity index (χ2n) is 7.08. The molecule has 0 fully saturated rings. The first-order valence-corrected chi connectivity index (χ1v) is 9.67. The Hall–Kier alpha value is -4.07. The van der Waals surface area contributed by atoms with Crippen molar-refractivity contribution in [2.24, 2.45) is 0 Å². The number of hydrogen-bond donors (Lipinski definition) is 0. The van der Waals surface area contributed by atoms with Gasteiger partial charge in [0, 0.05) is 11.6 Å². The standard InChI is InChI=1S/C24H15F3N2O3/c25-24(26,27)31-20-8-5-15(6-9-20)17-7-10-22-21(12-17)23(29-32-22)30-14-19-11-16-3-1-2-4-18(16)13-28-19/h1-13H,14H2. The smallest absolute Gasteiger partial charge is 0.469 e. The SMILES string of the molecule is FC(F)(F)Oc1ccc(-c2ccc3onc(OCc4cc5ccccc5cn4)c3c2)cc1. The van der Waals surface area contributed by atoms with Crippen LogP contribution in [0.25, 0.3) is 32.9 Å². The molecule has 0 spiro atoms. The summed E-state index contributed by atoms with van der Waals surface area (Å²) in [6.07, 6.45) is -2.94. The quantitative estimate of drug-likeness (QED) is 0.314. The van der Waals surface area contributed by atoms with Crippen LogP contribution in [0.5, 0.6) is 11.6 Å². The second-order valence-corrected chi connectivity index (χ2v) is 7.08. The third-order valence-corrected chi connectivity index (χ3v) is 4.90. The molecule has 0 unspecified atom stereocenters. The average molecular weight is 436 g/mol. The molecule has 160 valence electrons. The Morgan fingerprint density at radius 2 is 1.59 bits per heavy atom. The molecule has 0 bridgehead atoms. The molecular formula is C24H15F3N2O3. The molecule has 8 heteroatoms. The van der Waals surface area contributed by atoms with Crippen molar-refractivity contribution in [2.75, 3.05) is 0 Å². The summed E-state index contributed by atoms with van der Waals surface area (Å²) in [6, 6.07) is 20.8. The van der Waals surface area contributed by atoms with Crippen molar-refractivity contribution in [3.05, 3.63) is 84.7 Å². The number of halogens is 3. The number of rotatable bonds is 5. The molecule has 0 aliphatic rings. The molecule has 0 saturated carbocycles. The van der Waals surface area contributed by atoms with Crippen molar-refractivity contribution in [3.63, 3.8) is 0 Å². The molecule has 0 aliphatic carbocycles. The van der Waals surface area contributed by atoms with E-state index < -0.39 is 6.36 Å². The number of pyridine rings is 1. The maximum absolute atomic E-state index is 12.4. The van der Waals surface area contributed by atoms with Crippen LogP contribution < -0.4 is 9.47 Å². The lowest BCUT2D eigenvalue weighted by Gasteiger charge is -2.09. The van der Waals surface area contributed by atoms with E-state index in [1.54, 1.807) is 30.5 Å². The Morgan fingerprint density at radius 3 is 2.38 bits per heavy atom. The van der Waals surface area contributed by atoms with Gasteiger partial charge in [-0.05, 0) is 52.0 Å². The van der Waals surface area contributed by atoms with Crippen LogP contribution in [0.3, 0.4) is 0 Å². The summed E-state index contributed by atoms with van der Waals surface area (Å²) in [4.78, 5) is 4.41. The van der Waals surface area contributed by atoms with Gasteiger partial charge < -0.3 is 14.0 Å². The van der Waals surface area contributed by atoms with Crippen LogP contribution in [0.15, 0.2) is 83.5 Å². The monoisotopic (exact) mass is 436 g/mol. The molecule has 0 saturated heterocycles. The van der Waals surface area contributed by atoms with Crippen LogP contribution >= 0.6 is 0 Å². The summed E-state index contributed by atoms with van der Waals surface area (Å²) >= 11 is 0. The fraction of sp³-hybridized carbons (Fsp3) is 0.0833. The van der Waals surface area contributed by atoms with Crippen LogP contribution in [0, 0.1) is 0 Å². The summed E-state index contributed by atoms with van der Waals surface area (Å²) in [5.74, 6) is 0.0352. The predicted molar refractivity (Wildman–Crippen MR) is 112 cm³/mol. The molecule has 5 nitrogen and oxygen atoms in total. The highest BCUT2D eigenvalue weighted by Gasteiger charge is 2.31.